The van der Waals surface area contributed by atoms with E-state index in [0.717, 1.165) is 5.56 Å². The van der Waals surface area contributed by atoms with Gasteiger partial charge < -0.3 is 14.3 Å². The lowest BCUT2D eigenvalue weighted by Gasteiger charge is -2.11. The van der Waals surface area contributed by atoms with Gasteiger partial charge in [0.05, 0.1) is 28.6 Å². The number of benzene rings is 2. The molecule has 0 atom stereocenters. The average Bonchev–Trinajstić information content (AvgIpc) is 2.56. The van der Waals surface area contributed by atoms with Gasteiger partial charge in [-0.05, 0) is 43.7 Å². The van der Waals surface area contributed by atoms with Crippen molar-refractivity contribution in [2.45, 2.75) is 13.8 Å². The number of fused-ring (bicyclic) bond motifs is 1. The third-order valence-electron chi connectivity index (χ3n) is 3.61. The number of rotatable bonds is 4. The summed E-state index contributed by atoms with van der Waals surface area (Å²) in [4.78, 5) is 27.6. The third kappa shape index (κ3) is 2.74. The van der Waals surface area contributed by atoms with Gasteiger partial charge in [-0.3, -0.25) is 0 Å². The summed E-state index contributed by atoms with van der Waals surface area (Å²) in [5.41, 5.74) is 1.23. The van der Waals surface area contributed by atoms with Crippen molar-refractivity contribution < 1.29 is 19.1 Å². The van der Waals surface area contributed by atoms with Gasteiger partial charge in [0.1, 0.15) is 5.75 Å². The van der Waals surface area contributed by atoms with Gasteiger partial charge in [-0.25, -0.2) is 14.6 Å². The van der Waals surface area contributed by atoms with Crippen LogP contribution in [0.15, 0.2) is 45.6 Å². The molecule has 0 amide bonds. The Morgan fingerprint density at radius 2 is 2.08 bits per heavy atom. The second-order valence-electron chi connectivity index (χ2n) is 5.23. The highest BCUT2D eigenvalue weighted by Crippen LogP contribution is 2.32. The highest BCUT2D eigenvalue weighted by Gasteiger charge is 2.16. The lowest BCUT2D eigenvalue weighted by Crippen LogP contribution is -2.06. The molecule has 3 aromatic rings. The van der Waals surface area contributed by atoms with Crippen LogP contribution < -0.4 is 10.4 Å². The number of aromatic nitrogens is 1. The number of hydrogen-bond donors (Lipinski definition) is 1. The van der Waals surface area contributed by atoms with Crippen molar-refractivity contribution in [2.24, 2.45) is 0 Å². The molecule has 6 nitrogen and oxygen atoms in total. The predicted octanol–water partition coefficient (Wildman–Crippen LogP) is 3.26. The topological polar surface area (TPSA) is 89.6 Å². The van der Waals surface area contributed by atoms with Crippen LogP contribution in [0.4, 0.5) is 0 Å². The maximum Gasteiger partial charge on any atom is 0.347 e. The van der Waals surface area contributed by atoms with E-state index in [0.29, 0.717) is 23.4 Å². The fourth-order valence-corrected chi connectivity index (χ4v) is 2.48. The Hall–Kier alpha value is -3.15. The molecule has 0 bridgehead atoms. The second-order valence-corrected chi connectivity index (χ2v) is 5.23. The van der Waals surface area contributed by atoms with Crippen LogP contribution in [0, 0.1) is 6.92 Å². The van der Waals surface area contributed by atoms with Gasteiger partial charge in [0, 0.05) is 0 Å². The van der Waals surface area contributed by atoms with Crippen LogP contribution in [0.3, 0.4) is 0 Å². The van der Waals surface area contributed by atoms with Crippen molar-refractivity contribution in [3.63, 3.8) is 0 Å². The van der Waals surface area contributed by atoms with Gasteiger partial charge in [-0.2, -0.15) is 0 Å². The number of aryl methyl sites for hydroxylation is 1. The molecule has 0 aliphatic rings. The van der Waals surface area contributed by atoms with Gasteiger partial charge in [-0.15, -0.1) is 0 Å². The maximum atomic E-state index is 12.3. The summed E-state index contributed by atoms with van der Waals surface area (Å²) in [7, 11) is 0. The van der Waals surface area contributed by atoms with E-state index in [1.165, 1.54) is 18.2 Å². The highest BCUT2D eigenvalue weighted by molar-refractivity contribution is 5.93. The first-order valence-corrected chi connectivity index (χ1v) is 7.42. The summed E-state index contributed by atoms with van der Waals surface area (Å²) in [6, 6.07) is 9.65. The van der Waals surface area contributed by atoms with Crippen molar-refractivity contribution >= 4 is 16.9 Å². The zero-order valence-corrected chi connectivity index (χ0v) is 13.2. The van der Waals surface area contributed by atoms with E-state index in [9.17, 15) is 9.59 Å². The van der Waals surface area contributed by atoms with Crippen LogP contribution in [-0.2, 0) is 0 Å². The Balaban J connectivity index is 2.22. The quantitative estimate of drug-likeness (QED) is 0.792. The largest absolute Gasteiger partial charge is 0.493 e. The fourth-order valence-electron chi connectivity index (χ4n) is 2.48. The number of nitrogens with zero attached hydrogens (tertiary/aromatic N) is 1. The van der Waals surface area contributed by atoms with Gasteiger partial charge in [-0.1, -0.05) is 12.1 Å². The van der Waals surface area contributed by atoms with Crippen LogP contribution in [0.2, 0.25) is 0 Å². The third-order valence-corrected chi connectivity index (χ3v) is 3.61. The first kappa shape index (κ1) is 15.7. The van der Waals surface area contributed by atoms with E-state index in [1.807, 2.05) is 26.0 Å². The molecule has 0 aliphatic carbocycles. The summed E-state index contributed by atoms with van der Waals surface area (Å²) >= 11 is 0. The Kier molecular flexibility index (Phi) is 4.04. The Morgan fingerprint density at radius 1 is 1.29 bits per heavy atom. The highest BCUT2D eigenvalue weighted by atomic mass is 16.5. The van der Waals surface area contributed by atoms with Crippen LogP contribution >= 0.6 is 0 Å². The molecule has 0 saturated carbocycles. The number of hydrogen-bond acceptors (Lipinski definition) is 5. The van der Waals surface area contributed by atoms with Crippen molar-refractivity contribution in [3.8, 4) is 17.2 Å². The monoisotopic (exact) mass is 325 g/mol. The molecule has 0 radical (unpaired) electrons. The molecule has 0 unspecified atom stereocenters. The number of aromatic carboxylic acids is 1. The minimum atomic E-state index is -1.11. The average molecular weight is 325 g/mol. The number of ether oxygens (including phenoxy) is 1. The smallest absolute Gasteiger partial charge is 0.347 e. The van der Waals surface area contributed by atoms with E-state index in [-0.39, 0.29) is 16.8 Å². The summed E-state index contributed by atoms with van der Waals surface area (Å²) < 4.78 is 11.0. The molecular formula is C18H15NO5. The first-order valence-electron chi connectivity index (χ1n) is 7.42. The van der Waals surface area contributed by atoms with Crippen LogP contribution in [0.5, 0.6) is 5.75 Å². The molecule has 1 aromatic heterocycles. The molecular weight excluding hydrogens is 310 g/mol. The van der Waals surface area contributed by atoms with Crippen molar-refractivity contribution in [3.05, 3.63) is 57.9 Å². The molecule has 24 heavy (non-hydrogen) atoms. The Morgan fingerprint density at radius 3 is 2.79 bits per heavy atom. The van der Waals surface area contributed by atoms with Gasteiger partial charge >= 0.3 is 11.6 Å². The normalized spacial score (nSPS) is 10.8. The molecule has 1 heterocycles. The maximum absolute atomic E-state index is 12.3. The zero-order chi connectivity index (χ0) is 17.3. The van der Waals surface area contributed by atoms with Crippen LogP contribution in [0.1, 0.15) is 22.8 Å². The van der Waals surface area contributed by atoms with E-state index in [4.69, 9.17) is 14.3 Å². The minimum Gasteiger partial charge on any atom is -0.493 e. The molecule has 0 saturated heterocycles. The van der Waals surface area contributed by atoms with Gasteiger partial charge in [0.25, 0.3) is 0 Å². The van der Waals surface area contributed by atoms with E-state index in [2.05, 4.69) is 4.98 Å². The lowest BCUT2D eigenvalue weighted by molar-refractivity contribution is 0.0697. The molecule has 0 fully saturated rings. The number of para-hydroxylation sites is 1. The summed E-state index contributed by atoms with van der Waals surface area (Å²) in [6.07, 6.45) is 0. The molecule has 122 valence electrons. The molecule has 3 rings (SSSR count). The molecule has 1 N–H and O–H groups in total. The SMILES string of the molecule is CCOc1c(C)cccc1-c1nc2ccc(C(=O)O)cc2c(=O)o1. The van der Waals surface area contributed by atoms with Crippen molar-refractivity contribution in [2.75, 3.05) is 6.61 Å². The Bertz CT molecular complexity index is 990. The zero-order valence-electron chi connectivity index (χ0n) is 13.2. The standard InChI is InChI=1S/C18H15NO5/c1-3-23-15-10(2)5-4-6-12(15)16-19-14-8-7-11(17(20)21)9-13(14)18(22)24-16/h4-9H,3H2,1-2H3,(H,20,21). The van der Waals surface area contributed by atoms with Gasteiger partial charge in [0.2, 0.25) is 5.89 Å². The fraction of sp³-hybridized carbons (Fsp3) is 0.167. The molecule has 0 aliphatic heterocycles. The number of carboxylic acids is 1. The van der Waals surface area contributed by atoms with Gasteiger partial charge in [0.15, 0.2) is 0 Å². The second kappa shape index (κ2) is 6.16. The summed E-state index contributed by atoms with van der Waals surface area (Å²) in [5.74, 6) is -0.363. The van der Waals surface area contributed by atoms with E-state index < -0.39 is 11.6 Å². The van der Waals surface area contributed by atoms with Crippen molar-refractivity contribution in [1.82, 2.24) is 4.98 Å². The van der Waals surface area contributed by atoms with Crippen LogP contribution in [0.25, 0.3) is 22.4 Å². The lowest BCUT2D eigenvalue weighted by atomic mass is 10.1. The first-order chi connectivity index (χ1) is 11.5. The number of carboxylic acid groups (broad SMARTS) is 1. The predicted molar refractivity (Wildman–Crippen MR) is 88.6 cm³/mol. The van der Waals surface area contributed by atoms with E-state index in [1.54, 1.807) is 6.07 Å². The molecule has 6 heteroatoms. The molecule has 2 aromatic carbocycles. The summed E-state index contributed by atoms with van der Waals surface area (Å²) in [5, 5.41) is 9.15. The van der Waals surface area contributed by atoms with Crippen LogP contribution in [-0.4, -0.2) is 22.7 Å². The van der Waals surface area contributed by atoms with E-state index >= 15 is 0 Å². The Labute approximate surface area is 137 Å². The summed E-state index contributed by atoms with van der Waals surface area (Å²) in [6.45, 7) is 4.23. The minimum absolute atomic E-state index is 0.00918. The molecule has 0 spiro atoms. The van der Waals surface area contributed by atoms with Crippen molar-refractivity contribution in [1.29, 1.82) is 0 Å². The number of carbonyl (C=O) groups is 1.